The van der Waals surface area contributed by atoms with E-state index in [1.807, 2.05) is 0 Å². The van der Waals surface area contributed by atoms with E-state index in [-0.39, 0.29) is 6.61 Å². The van der Waals surface area contributed by atoms with Crippen LogP contribution in [0.5, 0.6) is 0 Å². The first-order valence-electron chi connectivity index (χ1n) is 7.24. The summed E-state index contributed by atoms with van der Waals surface area (Å²) in [6, 6.07) is 0. The monoisotopic (exact) mass is 360 g/mol. The van der Waals surface area contributed by atoms with Crippen molar-refractivity contribution >= 4 is 11.9 Å². The lowest BCUT2D eigenvalue weighted by Crippen LogP contribution is -2.41. The van der Waals surface area contributed by atoms with E-state index in [1.165, 1.54) is 14.0 Å². The molecule has 25 heavy (non-hydrogen) atoms. The van der Waals surface area contributed by atoms with Gasteiger partial charge in [0.25, 0.3) is 5.56 Å². The maximum Gasteiger partial charge on any atom is 0.330 e. The fourth-order valence-electron chi connectivity index (χ4n) is 2.50. The van der Waals surface area contributed by atoms with Crippen molar-refractivity contribution in [2.75, 3.05) is 13.7 Å². The predicted octanol–water partition coefficient (Wildman–Crippen LogP) is -0.917. The van der Waals surface area contributed by atoms with E-state index in [0.29, 0.717) is 6.20 Å². The summed E-state index contributed by atoms with van der Waals surface area (Å²) in [6.45, 7) is 2.07. The summed E-state index contributed by atoms with van der Waals surface area (Å²) in [5, 5.41) is 0. The van der Waals surface area contributed by atoms with Crippen molar-refractivity contribution in [3.05, 3.63) is 32.9 Å². The molecule has 0 radical (unpaired) electrons. The predicted molar refractivity (Wildman–Crippen MR) is 78.2 cm³/mol. The van der Waals surface area contributed by atoms with Crippen LogP contribution in [-0.2, 0) is 28.5 Å². The molecule has 0 aromatic carbocycles. The van der Waals surface area contributed by atoms with Gasteiger partial charge in [0.05, 0.1) is 6.20 Å². The van der Waals surface area contributed by atoms with Crippen LogP contribution in [0.3, 0.4) is 0 Å². The molecule has 1 aromatic rings. The first-order valence-corrected chi connectivity index (χ1v) is 7.24. The van der Waals surface area contributed by atoms with Gasteiger partial charge in [-0.1, -0.05) is 0 Å². The molecule has 0 aliphatic carbocycles. The van der Waals surface area contributed by atoms with E-state index in [0.717, 1.165) is 11.5 Å². The van der Waals surface area contributed by atoms with Crippen LogP contribution in [0.1, 0.15) is 20.1 Å². The second-order valence-corrected chi connectivity index (χ2v) is 5.29. The van der Waals surface area contributed by atoms with Crippen LogP contribution < -0.4 is 11.2 Å². The summed E-state index contributed by atoms with van der Waals surface area (Å²) >= 11 is 0. The number of aromatic amines is 1. The number of methoxy groups -OCH3 is 1. The van der Waals surface area contributed by atoms with Crippen molar-refractivity contribution in [2.24, 2.45) is 0 Å². The fourth-order valence-corrected chi connectivity index (χ4v) is 2.50. The lowest BCUT2D eigenvalue weighted by molar-refractivity contribution is -0.157. The van der Waals surface area contributed by atoms with Gasteiger partial charge in [0, 0.05) is 21.0 Å². The maximum atomic E-state index is 13.5. The molecule has 11 heteroatoms. The minimum Gasteiger partial charge on any atom is -0.463 e. The number of rotatable bonds is 5. The van der Waals surface area contributed by atoms with Gasteiger partial charge in [-0.15, -0.1) is 0 Å². The molecule has 1 fully saturated rings. The molecular weight excluding hydrogens is 343 g/mol. The Kier molecular flexibility index (Phi) is 5.69. The first-order chi connectivity index (χ1) is 11.7. The third kappa shape index (κ3) is 4.12. The molecule has 138 valence electrons. The molecule has 1 saturated heterocycles. The molecule has 0 amide bonds. The number of esters is 2. The highest BCUT2D eigenvalue weighted by Crippen LogP contribution is 2.33. The molecule has 2 rings (SSSR count). The van der Waals surface area contributed by atoms with Gasteiger partial charge < -0.3 is 18.9 Å². The molecule has 1 aliphatic heterocycles. The highest BCUT2D eigenvalue weighted by atomic mass is 19.1. The number of carbonyl (C=O) groups is 2. The molecule has 2 unspecified atom stereocenters. The Hall–Kier alpha value is -2.53. The van der Waals surface area contributed by atoms with Crippen molar-refractivity contribution in [1.82, 2.24) is 9.55 Å². The number of halogens is 1. The van der Waals surface area contributed by atoms with E-state index in [1.54, 1.807) is 4.98 Å². The molecule has 0 spiro atoms. The average molecular weight is 360 g/mol. The summed E-state index contributed by atoms with van der Waals surface area (Å²) in [5.41, 5.74) is -2.12. The average Bonchev–Trinajstić information content (AvgIpc) is 2.85. The third-order valence-electron chi connectivity index (χ3n) is 3.51. The lowest BCUT2D eigenvalue weighted by Gasteiger charge is -2.22. The zero-order valence-corrected chi connectivity index (χ0v) is 13.7. The van der Waals surface area contributed by atoms with Crippen LogP contribution in [0, 0.1) is 5.82 Å². The summed E-state index contributed by atoms with van der Waals surface area (Å²) in [6.07, 6.45) is -3.53. The van der Waals surface area contributed by atoms with Gasteiger partial charge >= 0.3 is 17.6 Å². The number of aromatic nitrogens is 2. The van der Waals surface area contributed by atoms with Crippen molar-refractivity contribution in [3.63, 3.8) is 0 Å². The van der Waals surface area contributed by atoms with Gasteiger partial charge in [0.15, 0.2) is 12.3 Å². The molecule has 1 N–H and O–H groups in total. The summed E-state index contributed by atoms with van der Waals surface area (Å²) in [7, 11) is 1.28. The van der Waals surface area contributed by atoms with Crippen molar-refractivity contribution in [2.45, 2.75) is 38.4 Å². The topological polar surface area (TPSA) is 126 Å². The normalized spacial score (nSPS) is 25.6. The Labute approximate surface area is 140 Å². The van der Waals surface area contributed by atoms with Crippen LogP contribution >= 0.6 is 0 Å². The SMILES string of the molecule is COC1C(OC(C)=O)[C@@H](COC(C)=O)O[C@H]1n1cc(F)c(=O)[nH]c1=O. The minimum atomic E-state index is -1.21. The summed E-state index contributed by atoms with van der Waals surface area (Å²) in [5.74, 6) is -2.44. The van der Waals surface area contributed by atoms with Crippen molar-refractivity contribution < 1.29 is 32.9 Å². The first kappa shape index (κ1) is 18.8. The molecule has 0 bridgehead atoms. The molecule has 1 aromatic heterocycles. The number of ether oxygens (including phenoxy) is 4. The Morgan fingerprint density at radius 2 is 1.96 bits per heavy atom. The molecule has 10 nitrogen and oxygen atoms in total. The fraction of sp³-hybridized carbons (Fsp3) is 0.571. The Bertz CT molecular complexity index is 773. The largest absolute Gasteiger partial charge is 0.463 e. The number of hydrogen-bond donors (Lipinski definition) is 1. The van der Waals surface area contributed by atoms with Gasteiger partial charge in [0.1, 0.15) is 18.8 Å². The molecule has 1 aliphatic rings. The summed E-state index contributed by atoms with van der Waals surface area (Å²) in [4.78, 5) is 47.3. The second kappa shape index (κ2) is 7.57. The Morgan fingerprint density at radius 1 is 1.28 bits per heavy atom. The maximum absolute atomic E-state index is 13.5. The van der Waals surface area contributed by atoms with E-state index in [9.17, 15) is 23.6 Å². The Balaban J connectivity index is 2.39. The number of nitrogens with zero attached hydrogens (tertiary/aromatic N) is 1. The van der Waals surface area contributed by atoms with Gasteiger partial charge in [-0.25, -0.2) is 4.79 Å². The van der Waals surface area contributed by atoms with Crippen LogP contribution in [0.2, 0.25) is 0 Å². The lowest BCUT2D eigenvalue weighted by atomic mass is 10.1. The van der Waals surface area contributed by atoms with Crippen LogP contribution in [0.15, 0.2) is 15.8 Å². The van der Waals surface area contributed by atoms with Crippen LogP contribution in [0.4, 0.5) is 4.39 Å². The number of H-pyrrole nitrogens is 1. The molecular formula is C14H17FN2O8. The van der Waals surface area contributed by atoms with E-state index in [4.69, 9.17) is 18.9 Å². The van der Waals surface area contributed by atoms with Crippen molar-refractivity contribution in [1.29, 1.82) is 0 Å². The van der Waals surface area contributed by atoms with E-state index in [2.05, 4.69) is 0 Å². The van der Waals surface area contributed by atoms with E-state index >= 15 is 0 Å². The zero-order chi connectivity index (χ0) is 18.7. The third-order valence-corrected chi connectivity index (χ3v) is 3.51. The van der Waals surface area contributed by atoms with E-state index < -0.39 is 53.5 Å². The second-order valence-electron chi connectivity index (χ2n) is 5.29. The van der Waals surface area contributed by atoms with Crippen LogP contribution in [0.25, 0.3) is 0 Å². The van der Waals surface area contributed by atoms with Crippen LogP contribution in [-0.4, -0.2) is 53.5 Å². The van der Waals surface area contributed by atoms with Gasteiger partial charge in [0.2, 0.25) is 5.82 Å². The standard InChI is InChI=1S/C14H17FN2O8/c1-6(18)23-5-9-10(24-7(2)19)11(22-3)13(25-9)17-4-8(15)12(20)16-14(17)21/h4,9-11,13H,5H2,1-3H3,(H,16,20,21)/t9-,10?,11?,13-/m1/s1. The van der Waals surface area contributed by atoms with Gasteiger partial charge in [-0.05, 0) is 0 Å². The minimum absolute atomic E-state index is 0.274. The highest BCUT2D eigenvalue weighted by molar-refractivity contribution is 5.66. The summed E-state index contributed by atoms with van der Waals surface area (Å²) < 4.78 is 35.1. The highest BCUT2D eigenvalue weighted by Gasteiger charge is 2.49. The molecule has 2 heterocycles. The van der Waals surface area contributed by atoms with Gasteiger partial charge in [-0.3, -0.25) is 23.9 Å². The number of hydrogen-bond acceptors (Lipinski definition) is 8. The smallest absolute Gasteiger partial charge is 0.330 e. The molecule has 0 saturated carbocycles. The zero-order valence-electron chi connectivity index (χ0n) is 13.7. The quantitative estimate of drug-likeness (QED) is 0.669. The van der Waals surface area contributed by atoms with Gasteiger partial charge in [-0.2, -0.15) is 4.39 Å². The number of nitrogens with one attached hydrogen (secondary N) is 1. The Morgan fingerprint density at radius 3 is 2.52 bits per heavy atom. The number of carbonyl (C=O) groups excluding carboxylic acids is 2. The molecule has 4 atom stereocenters. The van der Waals surface area contributed by atoms with Crippen molar-refractivity contribution in [3.8, 4) is 0 Å².